The molecule has 0 spiro atoms. The van der Waals surface area contributed by atoms with Crippen LogP contribution in [0.1, 0.15) is 11.1 Å². The summed E-state index contributed by atoms with van der Waals surface area (Å²) in [6.45, 7) is 0. The maximum atomic E-state index is 5.05. The lowest BCUT2D eigenvalue weighted by Crippen LogP contribution is -2.02. The van der Waals surface area contributed by atoms with Gasteiger partial charge < -0.3 is 9.13 Å². The van der Waals surface area contributed by atoms with Gasteiger partial charge in [-0.1, -0.05) is 97.1 Å². The molecule has 4 aromatic heterocycles. The molecule has 0 bridgehead atoms. The Balaban J connectivity index is 1.05. The molecule has 242 valence electrons. The van der Waals surface area contributed by atoms with Crippen LogP contribution < -0.4 is 0 Å². The first-order valence-electron chi connectivity index (χ1n) is 17.9. The van der Waals surface area contributed by atoms with E-state index in [0.29, 0.717) is 0 Å². The third-order valence-electron chi connectivity index (χ3n) is 11.3. The van der Waals surface area contributed by atoms with E-state index < -0.39 is 0 Å². The number of fused-ring (bicyclic) bond motifs is 12. The van der Waals surface area contributed by atoms with E-state index in [1.807, 2.05) is 6.20 Å². The second-order valence-corrected chi connectivity index (χ2v) is 14.0. The summed E-state index contributed by atoms with van der Waals surface area (Å²) in [4.78, 5) is 5.05. The van der Waals surface area contributed by atoms with E-state index in [1.54, 1.807) is 0 Å². The molecule has 52 heavy (non-hydrogen) atoms. The van der Waals surface area contributed by atoms with Crippen molar-refractivity contribution in [3.63, 3.8) is 0 Å². The van der Waals surface area contributed by atoms with Crippen molar-refractivity contribution in [1.29, 1.82) is 0 Å². The molecule has 4 heteroatoms. The first-order chi connectivity index (χ1) is 25.8. The molecule has 1 aliphatic rings. The normalized spacial score (nSPS) is 12.5. The van der Waals surface area contributed by atoms with Gasteiger partial charge in [-0.25, -0.2) is 4.98 Å². The maximum absolute atomic E-state index is 5.05. The SMILES string of the molecule is c1ccc2c(c1)c1ccccc1n2-c1ccc2c(c1)c1ccccc1n2-c1ccc2c(c1)-c1ccnc(-n3c4ccccc4c4ccccc43)c1C2. The van der Waals surface area contributed by atoms with Crippen molar-refractivity contribution >= 4 is 65.4 Å². The van der Waals surface area contributed by atoms with Gasteiger partial charge in [0.2, 0.25) is 0 Å². The number of pyridine rings is 1. The molecule has 0 radical (unpaired) electrons. The van der Waals surface area contributed by atoms with E-state index >= 15 is 0 Å². The van der Waals surface area contributed by atoms with E-state index in [2.05, 4.69) is 177 Å². The molecule has 0 saturated heterocycles. The topological polar surface area (TPSA) is 27.7 Å². The summed E-state index contributed by atoms with van der Waals surface area (Å²) in [5.41, 5.74) is 14.7. The summed E-state index contributed by atoms with van der Waals surface area (Å²) in [6.07, 6.45) is 2.83. The highest BCUT2D eigenvalue weighted by atomic mass is 15.1. The Kier molecular flexibility index (Phi) is 5.53. The van der Waals surface area contributed by atoms with Gasteiger partial charge in [-0.2, -0.15) is 0 Å². The quantitative estimate of drug-likeness (QED) is 0.185. The molecule has 12 rings (SSSR count). The van der Waals surface area contributed by atoms with Crippen LogP contribution in [0.2, 0.25) is 0 Å². The van der Waals surface area contributed by atoms with Gasteiger partial charge >= 0.3 is 0 Å². The third kappa shape index (κ3) is 3.68. The number of hydrogen-bond donors (Lipinski definition) is 0. The Morgan fingerprint density at radius 3 is 1.37 bits per heavy atom. The molecular weight excluding hydrogens is 633 g/mol. The van der Waals surface area contributed by atoms with Crippen molar-refractivity contribution in [2.45, 2.75) is 6.42 Å². The zero-order chi connectivity index (χ0) is 33.9. The molecule has 0 atom stereocenters. The maximum Gasteiger partial charge on any atom is 0.141 e. The Morgan fingerprint density at radius 1 is 0.365 bits per heavy atom. The Bertz CT molecular complexity index is 3170. The average molecular weight is 663 g/mol. The van der Waals surface area contributed by atoms with Crippen LogP contribution in [0, 0.1) is 0 Å². The van der Waals surface area contributed by atoms with Gasteiger partial charge in [0.15, 0.2) is 0 Å². The fourth-order valence-corrected chi connectivity index (χ4v) is 9.13. The summed E-state index contributed by atoms with van der Waals surface area (Å²) >= 11 is 0. The van der Waals surface area contributed by atoms with E-state index in [1.165, 1.54) is 93.4 Å². The average Bonchev–Trinajstić information content (AvgIpc) is 3.94. The minimum absolute atomic E-state index is 0.851. The van der Waals surface area contributed by atoms with Crippen LogP contribution in [0.3, 0.4) is 0 Å². The van der Waals surface area contributed by atoms with Gasteiger partial charge in [-0.3, -0.25) is 4.57 Å². The Labute approximate surface area is 299 Å². The lowest BCUT2D eigenvalue weighted by Gasteiger charge is -2.12. The van der Waals surface area contributed by atoms with Crippen molar-refractivity contribution in [2.24, 2.45) is 0 Å². The molecule has 0 saturated carbocycles. The van der Waals surface area contributed by atoms with Crippen LogP contribution in [0.5, 0.6) is 0 Å². The van der Waals surface area contributed by atoms with Gasteiger partial charge in [-0.05, 0) is 83.4 Å². The summed E-state index contributed by atoms with van der Waals surface area (Å²) < 4.78 is 7.21. The highest BCUT2D eigenvalue weighted by Gasteiger charge is 2.26. The largest absolute Gasteiger partial charge is 0.309 e. The number of aromatic nitrogens is 4. The molecule has 7 aromatic carbocycles. The second-order valence-electron chi connectivity index (χ2n) is 14.0. The number of hydrogen-bond acceptors (Lipinski definition) is 1. The summed E-state index contributed by atoms with van der Waals surface area (Å²) in [7, 11) is 0. The third-order valence-corrected chi connectivity index (χ3v) is 11.3. The van der Waals surface area contributed by atoms with Gasteiger partial charge in [0, 0.05) is 61.9 Å². The smallest absolute Gasteiger partial charge is 0.141 e. The molecule has 0 aliphatic heterocycles. The standard InChI is InChI=1S/C48H30N4/c1-6-16-42-34(11-1)35-12-2-7-17-43(35)50(42)32-23-24-47-40(29-32)38-15-5-8-18-44(38)51(47)31-22-21-30-27-41-33(39(30)28-31)25-26-49-48(41)52-45-19-9-3-13-36(45)37-14-4-10-20-46(37)52/h1-26,28-29H,27H2. The monoisotopic (exact) mass is 662 g/mol. The zero-order valence-corrected chi connectivity index (χ0v) is 28.2. The minimum Gasteiger partial charge on any atom is -0.309 e. The first kappa shape index (κ1) is 27.9. The van der Waals surface area contributed by atoms with Crippen molar-refractivity contribution in [3.8, 4) is 28.3 Å². The van der Waals surface area contributed by atoms with E-state index in [0.717, 1.165) is 17.9 Å². The van der Waals surface area contributed by atoms with Crippen molar-refractivity contribution < 1.29 is 0 Å². The van der Waals surface area contributed by atoms with Crippen LogP contribution >= 0.6 is 0 Å². The number of benzene rings is 7. The predicted octanol–water partition coefficient (Wildman–Crippen LogP) is 11.9. The Hall–Kier alpha value is -6.91. The molecule has 4 heterocycles. The lowest BCUT2D eigenvalue weighted by atomic mass is 10.1. The molecule has 0 unspecified atom stereocenters. The van der Waals surface area contributed by atoms with Gasteiger partial charge in [0.05, 0.1) is 33.1 Å². The number of nitrogens with zero attached hydrogens (tertiary/aromatic N) is 4. The molecule has 0 fully saturated rings. The number of para-hydroxylation sites is 5. The minimum atomic E-state index is 0.851. The Morgan fingerprint density at radius 2 is 0.808 bits per heavy atom. The molecule has 0 N–H and O–H groups in total. The van der Waals surface area contributed by atoms with E-state index in [4.69, 9.17) is 4.98 Å². The van der Waals surface area contributed by atoms with Gasteiger partial charge in [0.1, 0.15) is 5.82 Å². The number of rotatable bonds is 3. The van der Waals surface area contributed by atoms with Crippen molar-refractivity contribution in [2.75, 3.05) is 0 Å². The first-order valence-corrected chi connectivity index (χ1v) is 17.9. The summed E-state index contributed by atoms with van der Waals surface area (Å²) in [5, 5.41) is 7.55. The fraction of sp³-hybridized carbons (Fsp3) is 0.0208. The van der Waals surface area contributed by atoms with Gasteiger partial charge in [0.25, 0.3) is 0 Å². The molecule has 0 amide bonds. The molecular formula is C48H30N4. The summed E-state index contributed by atoms with van der Waals surface area (Å²) in [6, 6.07) is 59.8. The molecule has 1 aliphatic carbocycles. The van der Waals surface area contributed by atoms with Crippen LogP contribution in [-0.2, 0) is 6.42 Å². The lowest BCUT2D eigenvalue weighted by molar-refractivity contribution is 1.04. The van der Waals surface area contributed by atoms with Crippen LogP contribution in [0.25, 0.3) is 93.7 Å². The fourth-order valence-electron chi connectivity index (χ4n) is 9.13. The van der Waals surface area contributed by atoms with Gasteiger partial charge in [-0.15, -0.1) is 0 Å². The zero-order valence-electron chi connectivity index (χ0n) is 28.2. The van der Waals surface area contributed by atoms with Crippen LogP contribution in [0.4, 0.5) is 0 Å². The van der Waals surface area contributed by atoms with Crippen molar-refractivity contribution in [3.05, 3.63) is 181 Å². The molecule has 11 aromatic rings. The highest BCUT2D eigenvalue weighted by Crippen LogP contribution is 2.43. The second kappa shape index (κ2) is 10.3. The molecule has 4 nitrogen and oxygen atoms in total. The predicted molar refractivity (Wildman–Crippen MR) is 215 cm³/mol. The highest BCUT2D eigenvalue weighted by molar-refractivity contribution is 6.13. The van der Waals surface area contributed by atoms with E-state index in [-0.39, 0.29) is 0 Å². The van der Waals surface area contributed by atoms with Crippen LogP contribution in [-0.4, -0.2) is 18.7 Å². The van der Waals surface area contributed by atoms with Crippen molar-refractivity contribution in [1.82, 2.24) is 18.7 Å². The van der Waals surface area contributed by atoms with E-state index in [9.17, 15) is 0 Å². The van der Waals surface area contributed by atoms with Crippen LogP contribution in [0.15, 0.2) is 170 Å². The summed E-state index contributed by atoms with van der Waals surface area (Å²) in [5.74, 6) is 1.02.